The second-order valence-corrected chi connectivity index (χ2v) is 7.80. The number of anilines is 2. The predicted molar refractivity (Wildman–Crippen MR) is 93.9 cm³/mol. The Morgan fingerprint density at radius 2 is 2.00 bits per heavy atom. The minimum Gasteiger partial charge on any atom is -0.478 e. The summed E-state index contributed by atoms with van der Waals surface area (Å²) >= 11 is 0. The van der Waals surface area contributed by atoms with Crippen LogP contribution in [0.3, 0.4) is 0 Å². The van der Waals surface area contributed by atoms with E-state index >= 15 is 0 Å². The van der Waals surface area contributed by atoms with Gasteiger partial charge in [0.1, 0.15) is 17.2 Å². The van der Waals surface area contributed by atoms with Crippen molar-refractivity contribution in [1.82, 2.24) is 4.98 Å². The third-order valence-corrected chi connectivity index (χ3v) is 5.16. The smallest absolute Gasteiger partial charge is 0.339 e. The van der Waals surface area contributed by atoms with Crippen LogP contribution in [0.25, 0.3) is 0 Å². The van der Waals surface area contributed by atoms with E-state index in [1.54, 1.807) is 19.2 Å². The fourth-order valence-electron chi connectivity index (χ4n) is 3.54. The molecule has 24 heavy (non-hydrogen) atoms. The number of rotatable bonds is 6. The van der Waals surface area contributed by atoms with Gasteiger partial charge in [0.25, 0.3) is 0 Å². The summed E-state index contributed by atoms with van der Waals surface area (Å²) in [6.45, 7) is 6.37. The Morgan fingerprint density at radius 3 is 2.54 bits per heavy atom. The van der Waals surface area contributed by atoms with Crippen LogP contribution in [0.1, 0.15) is 49.9 Å². The van der Waals surface area contributed by atoms with Crippen molar-refractivity contribution in [2.75, 3.05) is 37.0 Å². The number of hydrogen-bond acceptors (Lipinski definition) is 5. The van der Waals surface area contributed by atoms with Gasteiger partial charge in [0.05, 0.1) is 12.1 Å². The molecule has 0 aromatic carbocycles. The lowest BCUT2D eigenvalue weighted by atomic mass is 9.93. The van der Waals surface area contributed by atoms with Gasteiger partial charge in [-0.15, -0.1) is 0 Å². The van der Waals surface area contributed by atoms with Gasteiger partial charge in [-0.3, -0.25) is 0 Å². The number of aromatic carboxylic acids is 1. The van der Waals surface area contributed by atoms with Crippen LogP contribution in [0.4, 0.5) is 11.6 Å². The fraction of sp³-hybridized carbons (Fsp3) is 0.667. The maximum Gasteiger partial charge on any atom is 0.339 e. The number of hydrogen-bond donors (Lipinski definition) is 2. The molecular formula is C18H27N3O3. The van der Waals surface area contributed by atoms with Crippen LogP contribution in [-0.4, -0.2) is 48.4 Å². The van der Waals surface area contributed by atoms with E-state index in [2.05, 4.69) is 15.2 Å². The lowest BCUT2D eigenvalue weighted by Gasteiger charge is -2.34. The van der Waals surface area contributed by atoms with E-state index in [1.807, 2.05) is 13.8 Å². The SMILES string of the molecule is COCC(C)(C)Nc1ccc(C(=O)O)c(N2CCC3(CC2)CC3)n1. The molecule has 0 unspecified atom stereocenters. The van der Waals surface area contributed by atoms with Gasteiger partial charge in [-0.1, -0.05) is 0 Å². The molecule has 3 rings (SSSR count). The van der Waals surface area contributed by atoms with Crippen molar-refractivity contribution in [2.24, 2.45) is 5.41 Å². The van der Waals surface area contributed by atoms with Gasteiger partial charge in [-0.25, -0.2) is 9.78 Å². The quantitative estimate of drug-likeness (QED) is 0.833. The molecular weight excluding hydrogens is 306 g/mol. The van der Waals surface area contributed by atoms with Crippen molar-refractivity contribution in [2.45, 2.75) is 45.1 Å². The normalized spacial score (nSPS) is 19.4. The molecule has 132 valence electrons. The number of nitrogens with one attached hydrogen (secondary N) is 1. The Kier molecular flexibility index (Phi) is 4.42. The van der Waals surface area contributed by atoms with Crippen molar-refractivity contribution in [3.63, 3.8) is 0 Å². The van der Waals surface area contributed by atoms with Crippen molar-refractivity contribution in [3.05, 3.63) is 17.7 Å². The summed E-state index contributed by atoms with van der Waals surface area (Å²) in [6, 6.07) is 3.38. The first-order chi connectivity index (χ1) is 11.3. The number of nitrogens with zero attached hydrogens (tertiary/aromatic N) is 2. The van der Waals surface area contributed by atoms with Crippen molar-refractivity contribution >= 4 is 17.6 Å². The number of carbonyl (C=O) groups is 1. The summed E-state index contributed by atoms with van der Waals surface area (Å²) < 4.78 is 5.22. The first-order valence-corrected chi connectivity index (χ1v) is 8.61. The van der Waals surface area contributed by atoms with Gasteiger partial charge in [0.15, 0.2) is 0 Å². The van der Waals surface area contributed by atoms with Gasteiger partial charge < -0.3 is 20.1 Å². The Labute approximate surface area is 143 Å². The lowest BCUT2D eigenvalue weighted by molar-refractivity contribution is 0.0697. The molecule has 2 N–H and O–H groups in total. The zero-order valence-electron chi connectivity index (χ0n) is 14.8. The molecule has 0 amide bonds. The van der Waals surface area contributed by atoms with Crippen LogP contribution >= 0.6 is 0 Å². The molecule has 2 aliphatic rings. The summed E-state index contributed by atoms with van der Waals surface area (Å²) in [5, 5.41) is 12.8. The highest BCUT2D eigenvalue weighted by Crippen LogP contribution is 2.54. The average Bonchev–Trinajstić information content (AvgIpc) is 3.26. The van der Waals surface area contributed by atoms with E-state index in [-0.39, 0.29) is 11.1 Å². The second kappa shape index (κ2) is 6.24. The number of carboxylic acids is 1. The first kappa shape index (κ1) is 17.0. The number of carboxylic acid groups (broad SMARTS) is 1. The van der Waals surface area contributed by atoms with E-state index < -0.39 is 5.97 Å². The largest absolute Gasteiger partial charge is 0.478 e. The highest BCUT2D eigenvalue weighted by atomic mass is 16.5. The standard InChI is InChI=1S/C18H27N3O3/c1-17(2,12-24-3)20-14-5-4-13(16(22)23)15(19-14)21-10-8-18(6-7-18)9-11-21/h4-5H,6-12H2,1-3H3,(H,19,20)(H,22,23). The molecule has 2 heterocycles. The second-order valence-electron chi connectivity index (χ2n) is 7.80. The number of piperidine rings is 1. The molecule has 1 saturated heterocycles. The molecule has 1 spiro atoms. The lowest BCUT2D eigenvalue weighted by Crippen LogP contribution is -2.38. The van der Waals surface area contributed by atoms with E-state index in [9.17, 15) is 9.90 Å². The third kappa shape index (κ3) is 3.64. The van der Waals surface area contributed by atoms with Gasteiger partial charge in [0.2, 0.25) is 0 Å². The summed E-state index contributed by atoms with van der Waals surface area (Å²) in [5.41, 5.74) is 0.553. The highest BCUT2D eigenvalue weighted by Gasteiger charge is 2.44. The highest BCUT2D eigenvalue weighted by molar-refractivity contribution is 5.93. The van der Waals surface area contributed by atoms with Crippen molar-refractivity contribution in [1.29, 1.82) is 0 Å². The van der Waals surface area contributed by atoms with E-state index in [1.165, 1.54) is 12.8 Å². The number of aromatic nitrogens is 1. The minimum atomic E-state index is -0.924. The van der Waals surface area contributed by atoms with Crippen LogP contribution in [0.15, 0.2) is 12.1 Å². The molecule has 1 aliphatic heterocycles. The van der Waals surface area contributed by atoms with Gasteiger partial charge >= 0.3 is 5.97 Å². The molecule has 6 nitrogen and oxygen atoms in total. The monoisotopic (exact) mass is 333 g/mol. The van der Waals surface area contributed by atoms with Crippen LogP contribution in [0.2, 0.25) is 0 Å². The Bertz CT molecular complexity index is 616. The zero-order valence-corrected chi connectivity index (χ0v) is 14.8. The Balaban J connectivity index is 1.82. The van der Waals surface area contributed by atoms with Crippen molar-refractivity contribution < 1.29 is 14.6 Å². The van der Waals surface area contributed by atoms with E-state index in [4.69, 9.17) is 4.74 Å². The number of methoxy groups -OCH3 is 1. The molecule has 1 aliphatic carbocycles. The third-order valence-electron chi connectivity index (χ3n) is 5.16. The van der Waals surface area contributed by atoms with Crippen molar-refractivity contribution in [3.8, 4) is 0 Å². The van der Waals surface area contributed by atoms with Crippen LogP contribution < -0.4 is 10.2 Å². The summed E-state index contributed by atoms with van der Waals surface area (Å²) in [7, 11) is 1.66. The van der Waals surface area contributed by atoms with Crippen LogP contribution in [-0.2, 0) is 4.74 Å². The summed E-state index contributed by atoms with van der Waals surface area (Å²) in [6.07, 6.45) is 4.93. The van der Waals surface area contributed by atoms with Crippen LogP contribution in [0, 0.1) is 5.41 Å². The van der Waals surface area contributed by atoms with Gasteiger partial charge in [-0.2, -0.15) is 0 Å². The molecule has 0 atom stereocenters. The molecule has 1 saturated carbocycles. The topological polar surface area (TPSA) is 74.7 Å². The number of ether oxygens (including phenoxy) is 1. The maximum atomic E-state index is 11.6. The predicted octanol–water partition coefficient (Wildman–Crippen LogP) is 3.00. The average molecular weight is 333 g/mol. The minimum absolute atomic E-state index is 0.274. The van der Waals surface area contributed by atoms with E-state index in [0.29, 0.717) is 23.7 Å². The summed E-state index contributed by atoms with van der Waals surface area (Å²) in [4.78, 5) is 18.4. The molecule has 0 radical (unpaired) electrons. The van der Waals surface area contributed by atoms with Crippen LogP contribution in [0.5, 0.6) is 0 Å². The Hall–Kier alpha value is -1.82. The molecule has 2 fully saturated rings. The zero-order chi connectivity index (χ0) is 17.4. The maximum absolute atomic E-state index is 11.6. The first-order valence-electron chi connectivity index (χ1n) is 8.61. The Morgan fingerprint density at radius 1 is 1.33 bits per heavy atom. The molecule has 6 heteroatoms. The van der Waals surface area contributed by atoms with Gasteiger partial charge in [-0.05, 0) is 57.1 Å². The van der Waals surface area contributed by atoms with E-state index in [0.717, 1.165) is 25.9 Å². The van der Waals surface area contributed by atoms with Gasteiger partial charge in [0, 0.05) is 20.2 Å². The molecule has 1 aromatic heterocycles. The fourth-order valence-corrected chi connectivity index (χ4v) is 3.54. The molecule has 0 bridgehead atoms. The number of pyridine rings is 1. The molecule has 1 aromatic rings. The summed E-state index contributed by atoms with van der Waals surface area (Å²) in [5.74, 6) is 0.340.